The first-order valence-corrected chi connectivity index (χ1v) is 21.1. The zero-order valence-electron chi connectivity index (χ0n) is 38.7. The van der Waals surface area contributed by atoms with Gasteiger partial charge in [0, 0.05) is 26.2 Å². The lowest BCUT2D eigenvalue weighted by atomic mass is 9.90. The van der Waals surface area contributed by atoms with Crippen LogP contribution < -0.4 is 21.3 Å². The minimum Gasteiger partial charge on any atom is -0.378 e. The molecule has 16 heteroatoms. The summed E-state index contributed by atoms with van der Waals surface area (Å²) in [6.07, 6.45) is 7.30. The molecule has 0 aliphatic carbocycles. The van der Waals surface area contributed by atoms with E-state index in [0.717, 1.165) is 0 Å². The third-order valence-corrected chi connectivity index (χ3v) is 9.38. The average Bonchev–Trinajstić information content (AvgIpc) is 3.20. The molecule has 0 atom stereocenters. The zero-order chi connectivity index (χ0) is 46.3. The lowest BCUT2D eigenvalue weighted by Gasteiger charge is -2.39. The molecule has 0 aromatic carbocycles. The van der Waals surface area contributed by atoms with Crippen molar-refractivity contribution in [3.8, 4) is 0 Å². The smallest absolute Gasteiger partial charge is 0.243 e. The Morgan fingerprint density at radius 1 is 0.377 bits per heavy atom. The molecule has 0 aromatic heterocycles. The molecule has 0 bridgehead atoms. The van der Waals surface area contributed by atoms with Crippen molar-refractivity contribution in [2.45, 2.75) is 103 Å². The number of carbonyl (C=O) groups is 4. The van der Waals surface area contributed by atoms with E-state index in [0.29, 0.717) is 91.5 Å². The number of amides is 4. The van der Waals surface area contributed by atoms with E-state index in [1.807, 2.05) is 55.4 Å². The Labute approximate surface area is 366 Å². The highest BCUT2D eigenvalue weighted by Crippen LogP contribution is 2.29. The second-order valence-corrected chi connectivity index (χ2v) is 17.1. The Morgan fingerprint density at radius 3 is 1.00 bits per heavy atom. The molecule has 0 unspecified atom stereocenters. The molecule has 0 radical (unpaired) electrons. The standard InChI is InChI=1S/C45H80N4O12/c1-13-37(50)46-21-17-41(5,6)58-25-19-43(9,10)60-35-45(33-56-31-29-54-27-23-48-39(52)15-3,34-57-32-30-55-28-24-49-40(53)16-4)36-61-44(11,12)20-26-59-42(7,8)18-22-47-38(51)14-2/h13-16H,1-4,17-36H2,5-12H3,(H,46,50)(H,47,51)(H,48,52)(H,49,53). The fourth-order valence-corrected chi connectivity index (χ4v) is 5.15. The molecule has 61 heavy (non-hydrogen) atoms. The van der Waals surface area contributed by atoms with Gasteiger partial charge in [-0.25, -0.2) is 0 Å². The van der Waals surface area contributed by atoms with Crippen molar-refractivity contribution < 1.29 is 57.1 Å². The lowest BCUT2D eigenvalue weighted by Crippen LogP contribution is -2.47. The van der Waals surface area contributed by atoms with Gasteiger partial charge in [0.1, 0.15) is 0 Å². The molecule has 16 nitrogen and oxygen atoms in total. The van der Waals surface area contributed by atoms with Gasteiger partial charge in [-0.1, -0.05) is 26.3 Å². The van der Waals surface area contributed by atoms with Crippen LogP contribution in [-0.2, 0) is 57.1 Å². The average molecular weight is 869 g/mol. The van der Waals surface area contributed by atoms with Crippen LogP contribution in [0.1, 0.15) is 81.1 Å². The summed E-state index contributed by atoms with van der Waals surface area (Å²) in [7, 11) is 0. The van der Waals surface area contributed by atoms with Crippen molar-refractivity contribution in [3.05, 3.63) is 50.6 Å². The number of nitrogens with one attached hydrogen (secondary N) is 4. The summed E-state index contributed by atoms with van der Waals surface area (Å²) in [5.41, 5.74) is -2.97. The normalized spacial score (nSPS) is 12.3. The van der Waals surface area contributed by atoms with Crippen LogP contribution in [0.5, 0.6) is 0 Å². The number of hydrogen-bond acceptors (Lipinski definition) is 12. The summed E-state index contributed by atoms with van der Waals surface area (Å²) in [5, 5.41) is 10.9. The highest BCUT2D eigenvalue weighted by Gasteiger charge is 2.37. The van der Waals surface area contributed by atoms with Crippen LogP contribution in [0.2, 0.25) is 0 Å². The molecular formula is C45H80N4O12. The number of rotatable bonds is 40. The van der Waals surface area contributed by atoms with Crippen LogP contribution in [0.3, 0.4) is 0 Å². The van der Waals surface area contributed by atoms with Crippen LogP contribution in [0, 0.1) is 5.41 Å². The minimum absolute atomic E-state index is 0.212. The van der Waals surface area contributed by atoms with Crippen LogP contribution in [0.15, 0.2) is 50.6 Å². The molecule has 0 aliphatic heterocycles. The Balaban J connectivity index is 5.92. The van der Waals surface area contributed by atoms with E-state index < -0.39 is 27.8 Å². The van der Waals surface area contributed by atoms with Crippen molar-refractivity contribution >= 4 is 23.6 Å². The van der Waals surface area contributed by atoms with E-state index >= 15 is 0 Å². The van der Waals surface area contributed by atoms with Gasteiger partial charge in [0.2, 0.25) is 23.6 Å². The van der Waals surface area contributed by atoms with E-state index in [2.05, 4.69) is 47.6 Å². The maximum Gasteiger partial charge on any atom is 0.243 e. The quantitative estimate of drug-likeness (QED) is 0.0513. The van der Waals surface area contributed by atoms with Gasteiger partial charge in [0.15, 0.2) is 0 Å². The molecule has 352 valence electrons. The number of carbonyl (C=O) groups excluding carboxylic acids is 4. The van der Waals surface area contributed by atoms with Crippen LogP contribution in [0.25, 0.3) is 0 Å². The molecule has 0 rings (SSSR count). The van der Waals surface area contributed by atoms with Crippen molar-refractivity contribution in [1.82, 2.24) is 21.3 Å². The maximum absolute atomic E-state index is 11.6. The summed E-state index contributed by atoms with van der Waals surface area (Å²) in [4.78, 5) is 46.1. The SMILES string of the molecule is C=CC(=O)NCCOCCOCC(COCCOCCNC(=O)C=C)(COC(C)(C)CCOC(C)(C)CCNC(=O)C=C)COC(C)(C)CCOC(C)(C)CCNC(=O)C=C. The van der Waals surface area contributed by atoms with E-state index in [9.17, 15) is 19.2 Å². The Bertz CT molecular complexity index is 1220. The summed E-state index contributed by atoms with van der Waals surface area (Å²) >= 11 is 0. The predicted octanol–water partition coefficient (Wildman–Crippen LogP) is 3.99. The number of ether oxygens (including phenoxy) is 8. The zero-order valence-corrected chi connectivity index (χ0v) is 38.7. The largest absolute Gasteiger partial charge is 0.378 e. The first-order chi connectivity index (χ1) is 28.6. The molecule has 0 heterocycles. The first-order valence-electron chi connectivity index (χ1n) is 21.1. The summed E-state index contributed by atoms with van der Waals surface area (Å²) in [6.45, 7) is 34.9. The van der Waals surface area contributed by atoms with Gasteiger partial charge < -0.3 is 59.2 Å². The molecule has 0 spiro atoms. The lowest BCUT2D eigenvalue weighted by molar-refractivity contribution is -0.170. The molecule has 0 saturated carbocycles. The van der Waals surface area contributed by atoms with E-state index in [-0.39, 0.29) is 63.3 Å². The van der Waals surface area contributed by atoms with Gasteiger partial charge in [-0.05, 0) is 105 Å². The summed E-state index contributed by atoms with van der Waals surface area (Å²) in [5.74, 6) is -0.987. The van der Waals surface area contributed by atoms with Gasteiger partial charge in [-0.15, -0.1) is 0 Å². The van der Waals surface area contributed by atoms with Gasteiger partial charge >= 0.3 is 0 Å². The number of hydrogen-bond donors (Lipinski definition) is 4. The van der Waals surface area contributed by atoms with Crippen LogP contribution >= 0.6 is 0 Å². The Hall–Kier alpha value is -3.48. The highest BCUT2D eigenvalue weighted by molar-refractivity contribution is 5.87. The minimum atomic E-state index is -0.780. The van der Waals surface area contributed by atoms with E-state index in [1.165, 1.54) is 24.3 Å². The maximum atomic E-state index is 11.6. The molecule has 0 aromatic rings. The molecule has 4 amide bonds. The van der Waals surface area contributed by atoms with E-state index in [4.69, 9.17) is 37.9 Å². The van der Waals surface area contributed by atoms with Crippen molar-refractivity contribution in [3.63, 3.8) is 0 Å². The predicted molar refractivity (Wildman–Crippen MR) is 237 cm³/mol. The van der Waals surface area contributed by atoms with Gasteiger partial charge in [0.25, 0.3) is 0 Å². The van der Waals surface area contributed by atoms with Gasteiger partial charge in [0.05, 0.1) is 107 Å². The highest BCUT2D eigenvalue weighted by atomic mass is 16.6. The monoisotopic (exact) mass is 869 g/mol. The summed E-state index contributed by atoms with van der Waals surface area (Å²) < 4.78 is 49.6. The van der Waals surface area contributed by atoms with E-state index in [1.54, 1.807) is 0 Å². The molecule has 0 fully saturated rings. The van der Waals surface area contributed by atoms with Gasteiger partial charge in [-0.2, -0.15) is 0 Å². The first kappa shape index (κ1) is 57.5. The third kappa shape index (κ3) is 31.9. The Kier molecular flexibility index (Phi) is 29.6. The fourth-order valence-electron chi connectivity index (χ4n) is 5.15. The molecule has 4 N–H and O–H groups in total. The topological polar surface area (TPSA) is 190 Å². The van der Waals surface area contributed by atoms with Crippen molar-refractivity contribution in [1.29, 1.82) is 0 Å². The second-order valence-electron chi connectivity index (χ2n) is 17.1. The summed E-state index contributed by atoms with van der Waals surface area (Å²) in [6, 6.07) is 0. The van der Waals surface area contributed by atoms with Crippen molar-refractivity contribution in [2.75, 3.05) is 105 Å². The van der Waals surface area contributed by atoms with Gasteiger partial charge in [-0.3, -0.25) is 19.2 Å². The molecule has 0 aliphatic rings. The van der Waals surface area contributed by atoms with Crippen molar-refractivity contribution in [2.24, 2.45) is 5.41 Å². The molecule has 0 saturated heterocycles. The Morgan fingerprint density at radius 2 is 0.672 bits per heavy atom. The third-order valence-electron chi connectivity index (χ3n) is 9.38. The van der Waals surface area contributed by atoms with Crippen LogP contribution in [-0.4, -0.2) is 151 Å². The fraction of sp³-hybridized carbons (Fsp3) is 0.733. The second kappa shape index (κ2) is 31.4. The molecular weight excluding hydrogens is 789 g/mol. The van der Waals surface area contributed by atoms with Crippen LogP contribution in [0.4, 0.5) is 0 Å².